The highest BCUT2D eigenvalue weighted by atomic mass is 16.5. The van der Waals surface area contributed by atoms with Crippen molar-refractivity contribution in [1.82, 2.24) is 10.1 Å². The zero-order valence-corrected chi connectivity index (χ0v) is 11.8. The zero-order chi connectivity index (χ0) is 15.1. The second-order valence-electron chi connectivity index (χ2n) is 5.39. The molecule has 1 aromatic heterocycles. The van der Waals surface area contributed by atoms with Gasteiger partial charge in [0.1, 0.15) is 11.7 Å². The molecule has 1 amide bonds. The van der Waals surface area contributed by atoms with Gasteiger partial charge in [0.05, 0.1) is 0 Å². The molecule has 1 N–H and O–H groups in total. The van der Waals surface area contributed by atoms with Gasteiger partial charge in [-0.3, -0.25) is 4.90 Å². The molecule has 110 valence electrons. The zero-order valence-electron chi connectivity index (χ0n) is 11.8. The van der Waals surface area contributed by atoms with Gasteiger partial charge >= 0.3 is 6.09 Å². The third-order valence-corrected chi connectivity index (χ3v) is 4.19. The minimum atomic E-state index is -0.938. The second-order valence-corrected chi connectivity index (χ2v) is 5.39. The van der Waals surface area contributed by atoms with Gasteiger partial charge in [-0.25, -0.2) is 4.79 Å². The number of carboxylic acid groups (broad SMARTS) is 1. The molecule has 0 saturated heterocycles. The predicted octanol–water partition coefficient (Wildman–Crippen LogP) is 3.45. The Kier molecular flexibility index (Phi) is 2.85. The molecule has 0 radical (unpaired) electrons. The molecule has 1 aliphatic rings. The van der Waals surface area contributed by atoms with E-state index >= 15 is 0 Å². The Bertz CT molecular complexity index is 856. The van der Waals surface area contributed by atoms with Crippen LogP contribution in [0.2, 0.25) is 0 Å². The number of fused-ring (bicyclic) bond motifs is 2. The number of amides is 1. The van der Waals surface area contributed by atoms with Crippen molar-refractivity contribution in [3.8, 4) is 0 Å². The van der Waals surface area contributed by atoms with Crippen LogP contribution in [0.3, 0.4) is 0 Å². The van der Waals surface area contributed by atoms with Crippen molar-refractivity contribution in [3.05, 3.63) is 65.4 Å². The quantitative estimate of drug-likeness (QED) is 0.746. The Hall–Kier alpha value is -2.82. The van der Waals surface area contributed by atoms with Crippen LogP contribution < -0.4 is 0 Å². The summed E-state index contributed by atoms with van der Waals surface area (Å²) < 4.78 is 5.38. The van der Waals surface area contributed by atoms with Crippen LogP contribution in [-0.2, 0) is 6.42 Å². The smallest absolute Gasteiger partial charge is 0.408 e. The van der Waals surface area contributed by atoms with E-state index < -0.39 is 12.1 Å². The number of para-hydroxylation sites is 1. The van der Waals surface area contributed by atoms with Crippen LogP contribution in [0.15, 0.2) is 53.1 Å². The van der Waals surface area contributed by atoms with E-state index in [-0.39, 0.29) is 0 Å². The summed E-state index contributed by atoms with van der Waals surface area (Å²) in [5.74, 6) is 0. The van der Waals surface area contributed by atoms with E-state index in [1.807, 2.05) is 48.5 Å². The third kappa shape index (κ3) is 1.86. The molecule has 2 heterocycles. The number of nitrogens with zero attached hydrogens (tertiary/aromatic N) is 2. The van der Waals surface area contributed by atoms with Crippen molar-refractivity contribution in [2.24, 2.45) is 0 Å². The molecule has 5 nitrogen and oxygen atoms in total. The van der Waals surface area contributed by atoms with Gasteiger partial charge < -0.3 is 9.63 Å². The Balaban J connectivity index is 1.94. The average Bonchev–Trinajstić information content (AvgIpc) is 2.97. The molecule has 4 rings (SSSR count). The molecule has 1 unspecified atom stereocenters. The van der Waals surface area contributed by atoms with E-state index in [0.29, 0.717) is 17.8 Å². The van der Waals surface area contributed by atoms with Crippen molar-refractivity contribution in [1.29, 1.82) is 0 Å². The number of hydrogen-bond donors (Lipinski definition) is 1. The Morgan fingerprint density at radius 3 is 2.82 bits per heavy atom. The summed E-state index contributed by atoms with van der Waals surface area (Å²) in [6.07, 6.45) is -0.221. The number of benzene rings is 2. The first-order chi connectivity index (χ1) is 10.8. The van der Waals surface area contributed by atoms with Crippen LogP contribution in [0.5, 0.6) is 0 Å². The van der Waals surface area contributed by atoms with Crippen LogP contribution in [0.4, 0.5) is 4.79 Å². The molecule has 1 aliphatic heterocycles. The summed E-state index contributed by atoms with van der Waals surface area (Å²) >= 11 is 0. The summed E-state index contributed by atoms with van der Waals surface area (Å²) in [7, 11) is 0. The van der Waals surface area contributed by atoms with Crippen molar-refractivity contribution < 1.29 is 14.4 Å². The van der Waals surface area contributed by atoms with Crippen molar-refractivity contribution in [3.63, 3.8) is 0 Å². The molecule has 0 bridgehead atoms. The highest BCUT2D eigenvalue weighted by Gasteiger charge is 2.34. The van der Waals surface area contributed by atoms with E-state index in [1.165, 1.54) is 4.90 Å². The van der Waals surface area contributed by atoms with Gasteiger partial charge in [-0.15, -0.1) is 0 Å². The first kappa shape index (κ1) is 12.9. The van der Waals surface area contributed by atoms with Crippen LogP contribution in [0, 0.1) is 0 Å². The maximum atomic E-state index is 11.7. The lowest BCUT2D eigenvalue weighted by molar-refractivity contribution is 0.127. The van der Waals surface area contributed by atoms with E-state index in [4.69, 9.17) is 4.52 Å². The largest absolute Gasteiger partial charge is 0.465 e. The van der Waals surface area contributed by atoms with Gasteiger partial charge in [0.15, 0.2) is 5.58 Å². The van der Waals surface area contributed by atoms with Gasteiger partial charge in [-0.2, -0.15) is 0 Å². The predicted molar refractivity (Wildman–Crippen MR) is 80.7 cm³/mol. The molecule has 0 spiro atoms. The van der Waals surface area contributed by atoms with Gasteiger partial charge in [-0.05, 0) is 29.7 Å². The molecule has 1 atom stereocenters. The first-order valence-corrected chi connectivity index (χ1v) is 7.17. The van der Waals surface area contributed by atoms with Gasteiger partial charge in [0.25, 0.3) is 0 Å². The lowest BCUT2D eigenvalue weighted by Crippen LogP contribution is -2.39. The molecule has 3 aromatic rings. The van der Waals surface area contributed by atoms with Crippen molar-refractivity contribution in [2.45, 2.75) is 12.5 Å². The summed E-state index contributed by atoms with van der Waals surface area (Å²) in [6.45, 7) is 0.457. The normalized spacial score (nSPS) is 17.5. The highest BCUT2D eigenvalue weighted by Crippen LogP contribution is 2.37. The van der Waals surface area contributed by atoms with Crippen LogP contribution in [0.25, 0.3) is 11.0 Å². The fourth-order valence-corrected chi connectivity index (χ4v) is 3.17. The maximum absolute atomic E-state index is 11.7. The summed E-state index contributed by atoms with van der Waals surface area (Å²) in [5, 5.41) is 14.6. The summed E-state index contributed by atoms with van der Waals surface area (Å²) in [4.78, 5) is 13.1. The number of hydrogen-bond acceptors (Lipinski definition) is 3. The van der Waals surface area contributed by atoms with E-state index in [9.17, 15) is 9.90 Å². The number of aromatic nitrogens is 1. The molecular formula is C17H14N2O3. The SMILES string of the molecule is O=C(O)N1CCc2ccccc2C1c1noc2ccccc12. The summed E-state index contributed by atoms with van der Waals surface area (Å²) in [5.41, 5.74) is 3.48. The topological polar surface area (TPSA) is 66.6 Å². The molecule has 5 heteroatoms. The first-order valence-electron chi connectivity index (χ1n) is 7.17. The lowest BCUT2D eigenvalue weighted by Gasteiger charge is -2.34. The standard InChI is InChI=1S/C17H14N2O3/c20-17(21)19-10-9-11-5-1-2-6-12(11)16(19)15-13-7-3-4-8-14(13)22-18-15/h1-8,16H,9-10H2,(H,20,21). The van der Waals surface area contributed by atoms with E-state index in [1.54, 1.807) is 0 Å². The molecule has 2 aromatic carbocycles. The fourth-order valence-electron chi connectivity index (χ4n) is 3.17. The van der Waals surface area contributed by atoms with Crippen LogP contribution in [-0.4, -0.2) is 27.8 Å². The average molecular weight is 294 g/mol. The van der Waals surface area contributed by atoms with E-state index in [2.05, 4.69) is 5.16 Å². The monoisotopic (exact) mass is 294 g/mol. The van der Waals surface area contributed by atoms with Gasteiger partial charge in [0.2, 0.25) is 0 Å². The maximum Gasteiger partial charge on any atom is 0.408 e. The second kappa shape index (κ2) is 4.87. The van der Waals surface area contributed by atoms with E-state index in [0.717, 1.165) is 22.9 Å². The fraction of sp³-hybridized carbons (Fsp3) is 0.176. The van der Waals surface area contributed by atoms with Crippen LogP contribution >= 0.6 is 0 Å². The summed E-state index contributed by atoms with van der Waals surface area (Å²) in [6, 6.07) is 15.0. The highest BCUT2D eigenvalue weighted by molar-refractivity contribution is 5.81. The molecular weight excluding hydrogens is 280 g/mol. The molecule has 0 aliphatic carbocycles. The Labute approximate surface area is 126 Å². The lowest BCUT2D eigenvalue weighted by atomic mass is 9.90. The van der Waals surface area contributed by atoms with Gasteiger partial charge in [-0.1, -0.05) is 41.6 Å². The third-order valence-electron chi connectivity index (χ3n) is 4.19. The number of rotatable bonds is 1. The van der Waals surface area contributed by atoms with Gasteiger partial charge in [0, 0.05) is 11.9 Å². The molecule has 22 heavy (non-hydrogen) atoms. The minimum Gasteiger partial charge on any atom is -0.465 e. The Morgan fingerprint density at radius 1 is 1.18 bits per heavy atom. The van der Waals surface area contributed by atoms with Crippen molar-refractivity contribution in [2.75, 3.05) is 6.54 Å². The minimum absolute atomic E-state index is 0.425. The molecule has 0 fully saturated rings. The number of carbonyl (C=O) groups is 1. The van der Waals surface area contributed by atoms with Crippen LogP contribution in [0.1, 0.15) is 22.9 Å². The Morgan fingerprint density at radius 2 is 1.95 bits per heavy atom. The van der Waals surface area contributed by atoms with Crippen molar-refractivity contribution >= 4 is 17.1 Å². The molecule has 0 saturated carbocycles.